The highest BCUT2D eigenvalue weighted by Crippen LogP contribution is 2.40. The number of hydrogen-bond donors (Lipinski definition) is 0. The normalized spacial score (nSPS) is 11.7. The molecule has 8 aromatic rings. The van der Waals surface area contributed by atoms with E-state index in [1.165, 1.54) is 38.5 Å². The van der Waals surface area contributed by atoms with Gasteiger partial charge in [-0.15, -0.1) is 0 Å². The fourth-order valence-electron chi connectivity index (χ4n) is 5.76. The molecule has 0 atom stereocenters. The van der Waals surface area contributed by atoms with Crippen LogP contribution in [0, 0.1) is 0 Å². The standard InChI is InChI=1S/C35H22N2O/c1-2-7-23(8-3-1)26-13-15-27-29-21-25(24-17-19-36-20-18-24)14-16-30(29)37(32(27)22-26)31-10-6-12-34-35(31)28-9-4-5-11-33(28)38-34/h1-22H. The van der Waals surface area contributed by atoms with Crippen LogP contribution in [0.25, 0.3) is 71.7 Å². The summed E-state index contributed by atoms with van der Waals surface area (Å²) in [4.78, 5) is 4.20. The van der Waals surface area contributed by atoms with E-state index in [4.69, 9.17) is 4.42 Å². The molecule has 3 heteroatoms. The molecular weight excluding hydrogens is 464 g/mol. The average molecular weight is 487 g/mol. The van der Waals surface area contributed by atoms with Crippen molar-refractivity contribution < 1.29 is 4.42 Å². The summed E-state index contributed by atoms with van der Waals surface area (Å²) in [7, 11) is 0. The van der Waals surface area contributed by atoms with Gasteiger partial charge in [-0.1, -0.05) is 72.8 Å². The van der Waals surface area contributed by atoms with E-state index >= 15 is 0 Å². The lowest BCUT2D eigenvalue weighted by Crippen LogP contribution is -1.95. The highest BCUT2D eigenvalue weighted by molar-refractivity contribution is 6.15. The Morgan fingerprint density at radius 1 is 0.474 bits per heavy atom. The molecule has 38 heavy (non-hydrogen) atoms. The average Bonchev–Trinajstić information content (AvgIpc) is 3.53. The SMILES string of the molecule is c1ccc(-c2ccc3c4cc(-c5ccncc5)ccc4n(-c4cccc5oc6ccccc6c45)c3c2)cc1. The maximum Gasteiger partial charge on any atom is 0.137 e. The zero-order valence-electron chi connectivity index (χ0n) is 20.5. The molecule has 0 unspecified atom stereocenters. The minimum atomic E-state index is 0.895. The number of para-hydroxylation sites is 1. The first-order valence-electron chi connectivity index (χ1n) is 12.8. The predicted octanol–water partition coefficient (Wildman–Crippen LogP) is 9.41. The molecule has 3 heterocycles. The van der Waals surface area contributed by atoms with Crippen LogP contribution in [0.2, 0.25) is 0 Å². The first-order chi connectivity index (χ1) is 18.8. The Bertz CT molecular complexity index is 2120. The van der Waals surface area contributed by atoms with Gasteiger partial charge in [-0.2, -0.15) is 0 Å². The molecule has 0 saturated heterocycles. The summed E-state index contributed by atoms with van der Waals surface area (Å²) in [6.07, 6.45) is 3.69. The lowest BCUT2D eigenvalue weighted by molar-refractivity contribution is 0.669. The number of rotatable bonds is 3. The molecule has 0 aliphatic carbocycles. The van der Waals surface area contributed by atoms with Gasteiger partial charge in [-0.3, -0.25) is 4.98 Å². The summed E-state index contributed by atoms with van der Waals surface area (Å²) in [6.45, 7) is 0. The summed E-state index contributed by atoms with van der Waals surface area (Å²) in [5.41, 5.74) is 9.99. The molecule has 0 N–H and O–H groups in total. The molecule has 0 aliphatic heterocycles. The molecule has 178 valence electrons. The van der Waals surface area contributed by atoms with Gasteiger partial charge in [0.15, 0.2) is 0 Å². The molecule has 0 fully saturated rings. The lowest BCUT2D eigenvalue weighted by Gasteiger charge is -2.11. The van der Waals surface area contributed by atoms with Crippen molar-refractivity contribution in [2.75, 3.05) is 0 Å². The first-order valence-corrected chi connectivity index (χ1v) is 12.8. The van der Waals surface area contributed by atoms with Crippen molar-refractivity contribution in [3.8, 4) is 27.9 Å². The van der Waals surface area contributed by atoms with Gasteiger partial charge in [-0.25, -0.2) is 0 Å². The zero-order valence-corrected chi connectivity index (χ0v) is 20.5. The van der Waals surface area contributed by atoms with E-state index in [1.807, 2.05) is 24.5 Å². The number of benzene rings is 5. The van der Waals surface area contributed by atoms with Crippen molar-refractivity contribution >= 4 is 43.7 Å². The summed E-state index contributed by atoms with van der Waals surface area (Å²) >= 11 is 0. The van der Waals surface area contributed by atoms with Crippen molar-refractivity contribution in [3.63, 3.8) is 0 Å². The van der Waals surface area contributed by atoms with Crippen molar-refractivity contribution in [3.05, 3.63) is 134 Å². The smallest absolute Gasteiger partial charge is 0.137 e. The van der Waals surface area contributed by atoms with E-state index < -0.39 is 0 Å². The summed E-state index contributed by atoms with van der Waals surface area (Å²) < 4.78 is 8.67. The van der Waals surface area contributed by atoms with Gasteiger partial charge < -0.3 is 8.98 Å². The number of furan rings is 1. The van der Waals surface area contributed by atoms with E-state index in [-0.39, 0.29) is 0 Å². The Morgan fingerprint density at radius 3 is 2.11 bits per heavy atom. The quantitative estimate of drug-likeness (QED) is 0.249. The first kappa shape index (κ1) is 21.0. The second kappa shape index (κ2) is 8.19. The predicted molar refractivity (Wildman–Crippen MR) is 157 cm³/mol. The van der Waals surface area contributed by atoms with Crippen molar-refractivity contribution in [1.29, 1.82) is 0 Å². The fraction of sp³-hybridized carbons (Fsp3) is 0. The maximum absolute atomic E-state index is 6.27. The van der Waals surface area contributed by atoms with Crippen LogP contribution >= 0.6 is 0 Å². The van der Waals surface area contributed by atoms with Gasteiger partial charge in [0.2, 0.25) is 0 Å². The molecule has 0 saturated carbocycles. The Hall–Kier alpha value is -5.15. The number of nitrogens with zero attached hydrogens (tertiary/aromatic N) is 2. The molecule has 0 aliphatic rings. The Kier molecular flexibility index (Phi) is 4.52. The summed E-state index contributed by atoms with van der Waals surface area (Å²) in [5.74, 6) is 0. The third kappa shape index (κ3) is 3.12. The molecule has 0 radical (unpaired) electrons. The Balaban J connectivity index is 1.50. The molecule has 0 amide bonds. The fourth-order valence-corrected chi connectivity index (χ4v) is 5.76. The Labute approximate surface area is 219 Å². The van der Waals surface area contributed by atoms with Crippen LogP contribution in [0.15, 0.2) is 138 Å². The zero-order chi connectivity index (χ0) is 25.1. The number of hydrogen-bond acceptors (Lipinski definition) is 2. The monoisotopic (exact) mass is 486 g/mol. The van der Waals surface area contributed by atoms with Crippen molar-refractivity contribution in [2.24, 2.45) is 0 Å². The van der Waals surface area contributed by atoms with Gasteiger partial charge in [0.1, 0.15) is 11.2 Å². The molecular formula is C35H22N2O. The van der Waals surface area contributed by atoms with E-state index in [0.29, 0.717) is 0 Å². The van der Waals surface area contributed by atoms with E-state index in [1.54, 1.807) is 0 Å². The highest BCUT2D eigenvalue weighted by Gasteiger charge is 2.18. The number of pyridine rings is 1. The van der Waals surface area contributed by atoms with E-state index in [2.05, 4.69) is 119 Å². The molecule has 3 aromatic heterocycles. The Morgan fingerprint density at radius 2 is 1.21 bits per heavy atom. The highest BCUT2D eigenvalue weighted by atomic mass is 16.3. The minimum Gasteiger partial charge on any atom is -0.456 e. The lowest BCUT2D eigenvalue weighted by atomic mass is 10.0. The van der Waals surface area contributed by atoms with Gasteiger partial charge >= 0.3 is 0 Å². The van der Waals surface area contributed by atoms with Crippen molar-refractivity contribution in [2.45, 2.75) is 0 Å². The third-order valence-corrected chi connectivity index (χ3v) is 7.51. The molecule has 0 spiro atoms. The third-order valence-electron chi connectivity index (χ3n) is 7.51. The van der Waals surface area contributed by atoms with Gasteiger partial charge in [0.25, 0.3) is 0 Å². The number of aromatic nitrogens is 2. The van der Waals surface area contributed by atoms with E-state index in [0.717, 1.165) is 33.2 Å². The van der Waals surface area contributed by atoms with Gasteiger partial charge in [0, 0.05) is 28.6 Å². The van der Waals surface area contributed by atoms with Gasteiger partial charge in [-0.05, 0) is 70.8 Å². The van der Waals surface area contributed by atoms with Crippen LogP contribution < -0.4 is 0 Å². The van der Waals surface area contributed by atoms with Crippen LogP contribution in [0.1, 0.15) is 0 Å². The minimum absolute atomic E-state index is 0.895. The molecule has 8 rings (SSSR count). The maximum atomic E-state index is 6.27. The largest absolute Gasteiger partial charge is 0.456 e. The molecule has 5 aromatic carbocycles. The second-order valence-corrected chi connectivity index (χ2v) is 9.65. The summed E-state index contributed by atoms with van der Waals surface area (Å²) in [5, 5.41) is 4.70. The van der Waals surface area contributed by atoms with Crippen LogP contribution in [-0.2, 0) is 0 Å². The topological polar surface area (TPSA) is 31.0 Å². The van der Waals surface area contributed by atoms with Crippen molar-refractivity contribution in [1.82, 2.24) is 9.55 Å². The van der Waals surface area contributed by atoms with Gasteiger partial charge in [0.05, 0.1) is 22.1 Å². The second-order valence-electron chi connectivity index (χ2n) is 9.65. The van der Waals surface area contributed by atoms with Crippen LogP contribution in [-0.4, -0.2) is 9.55 Å². The molecule has 0 bridgehead atoms. The van der Waals surface area contributed by atoms with Crippen LogP contribution in [0.5, 0.6) is 0 Å². The summed E-state index contributed by atoms with van der Waals surface area (Å²) in [6, 6.07) is 42.9. The number of fused-ring (bicyclic) bond motifs is 6. The van der Waals surface area contributed by atoms with Crippen LogP contribution in [0.3, 0.4) is 0 Å². The molecule has 3 nitrogen and oxygen atoms in total. The van der Waals surface area contributed by atoms with E-state index in [9.17, 15) is 0 Å². The van der Waals surface area contributed by atoms with Crippen LogP contribution in [0.4, 0.5) is 0 Å².